The van der Waals surface area contributed by atoms with E-state index >= 15 is 0 Å². The summed E-state index contributed by atoms with van der Waals surface area (Å²) in [6, 6.07) is 13.4. The van der Waals surface area contributed by atoms with Crippen LogP contribution in [0.4, 0.5) is 11.5 Å². The average Bonchev–Trinajstić information content (AvgIpc) is 3.58. The van der Waals surface area contributed by atoms with Crippen molar-refractivity contribution >= 4 is 51.2 Å². The number of unbranched alkanes of at least 4 members (excludes halogenated alkanes) is 2. The normalized spacial score (nSPS) is 15.8. The summed E-state index contributed by atoms with van der Waals surface area (Å²) in [7, 11) is 0. The summed E-state index contributed by atoms with van der Waals surface area (Å²) in [6.07, 6.45) is 4.50. The molecular weight excluding hydrogens is 695 g/mol. The zero-order valence-corrected chi connectivity index (χ0v) is 34.0. The molecule has 0 aliphatic carbocycles. The number of esters is 1. The Morgan fingerprint density at radius 3 is 2.13 bits per heavy atom. The zero-order chi connectivity index (χ0) is 39.7. The molecule has 6 rings (SSSR count). The van der Waals surface area contributed by atoms with Crippen molar-refractivity contribution in [3.8, 4) is 0 Å². The van der Waals surface area contributed by atoms with Crippen LogP contribution in [0.15, 0.2) is 42.5 Å². The number of carbonyl (C=O) groups excluding carboxylic acids is 3. The molecule has 296 valence electrons. The number of imide groups is 1. The third-order valence-corrected chi connectivity index (χ3v) is 10.3. The molecule has 0 saturated carbocycles. The first-order valence-corrected chi connectivity index (χ1v) is 19.9. The van der Waals surface area contributed by atoms with Gasteiger partial charge in [-0.3, -0.25) is 24.2 Å². The largest absolute Gasteiger partial charge is 0.460 e. The van der Waals surface area contributed by atoms with Gasteiger partial charge >= 0.3 is 5.97 Å². The number of amides is 2. The van der Waals surface area contributed by atoms with Gasteiger partial charge in [-0.25, -0.2) is 9.97 Å². The molecule has 2 aliphatic rings. The van der Waals surface area contributed by atoms with Crippen molar-refractivity contribution in [2.75, 3.05) is 49.9 Å². The third kappa shape index (κ3) is 9.29. The van der Waals surface area contributed by atoms with Crippen LogP contribution in [-0.2, 0) is 27.2 Å². The monoisotopic (exact) mass is 753 g/mol. The fourth-order valence-electron chi connectivity index (χ4n) is 8.13. The summed E-state index contributed by atoms with van der Waals surface area (Å²) >= 11 is 0. The maximum absolute atomic E-state index is 13.0. The first-order chi connectivity index (χ1) is 25.9. The number of anilines is 2. The standard InChI is InChI=1S/C43H59N7O5/c1-9-10-17-34-46-36-37(49(34)20-13-14-21-50-39(52)30-15-11-12-16-31(30)40(50)53)32-26-29(18-19-33(32)45-38(36)44)48-24-22-47(23-25-48)28-43(7,8)55-42(5,6)27-35(51)54-41(2,3)4/h11-12,15-16,18-19,26H,9-10,13-14,17,20-25,27-28H2,1-8H3,(H2,44,45). The molecule has 1 saturated heterocycles. The molecule has 2 N–H and O–H groups in total. The molecule has 2 amide bonds. The first kappa shape index (κ1) is 40.1. The number of nitrogens with zero attached hydrogens (tertiary/aromatic N) is 6. The highest BCUT2D eigenvalue weighted by Crippen LogP contribution is 2.33. The fraction of sp³-hybridized carbons (Fsp3) is 0.558. The van der Waals surface area contributed by atoms with Crippen LogP contribution >= 0.6 is 0 Å². The van der Waals surface area contributed by atoms with Crippen molar-refractivity contribution in [3.63, 3.8) is 0 Å². The number of ether oxygens (including phenoxy) is 2. The number of aryl methyl sites for hydroxylation is 2. The van der Waals surface area contributed by atoms with Gasteiger partial charge in [-0.1, -0.05) is 25.5 Å². The molecule has 2 aromatic carbocycles. The molecule has 0 radical (unpaired) electrons. The van der Waals surface area contributed by atoms with Gasteiger partial charge in [-0.2, -0.15) is 0 Å². The van der Waals surface area contributed by atoms with Crippen LogP contribution in [0.3, 0.4) is 0 Å². The second-order valence-electron chi connectivity index (χ2n) is 17.3. The van der Waals surface area contributed by atoms with Gasteiger partial charge in [0, 0.05) is 63.3 Å². The maximum atomic E-state index is 13.0. The molecule has 12 nitrogen and oxygen atoms in total. The molecule has 55 heavy (non-hydrogen) atoms. The average molecular weight is 754 g/mol. The molecular formula is C43H59N7O5. The Balaban J connectivity index is 1.14. The van der Waals surface area contributed by atoms with Crippen LogP contribution in [-0.4, -0.2) is 98.2 Å². The Kier molecular flexibility index (Phi) is 11.6. The number of imidazole rings is 1. The van der Waals surface area contributed by atoms with Gasteiger partial charge in [-0.15, -0.1) is 0 Å². The quantitative estimate of drug-likeness (QED) is 0.0767. The number of benzene rings is 2. The van der Waals surface area contributed by atoms with Gasteiger partial charge in [0.05, 0.1) is 39.8 Å². The summed E-state index contributed by atoms with van der Waals surface area (Å²) in [4.78, 5) is 54.5. The van der Waals surface area contributed by atoms with E-state index in [1.165, 1.54) is 4.90 Å². The minimum Gasteiger partial charge on any atom is -0.460 e. The summed E-state index contributed by atoms with van der Waals surface area (Å²) in [5.41, 5.74) is 9.53. The number of pyridine rings is 1. The summed E-state index contributed by atoms with van der Waals surface area (Å²) in [6.45, 7) is 21.1. The number of carbonyl (C=O) groups is 3. The molecule has 0 unspecified atom stereocenters. The van der Waals surface area contributed by atoms with Gasteiger partial charge in [-0.05, 0) is 98.1 Å². The van der Waals surface area contributed by atoms with Gasteiger partial charge < -0.3 is 24.7 Å². The van der Waals surface area contributed by atoms with E-state index in [9.17, 15) is 14.4 Å². The Morgan fingerprint density at radius 2 is 1.49 bits per heavy atom. The number of hydrogen-bond donors (Lipinski definition) is 1. The third-order valence-electron chi connectivity index (χ3n) is 10.3. The molecule has 2 aliphatic heterocycles. The van der Waals surface area contributed by atoms with Crippen molar-refractivity contribution in [2.45, 2.75) is 117 Å². The lowest BCUT2D eigenvalue weighted by Crippen LogP contribution is -2.53. The Morgan fingerprint density at radius 1 is 0.836 bits per heavy atom. The number of aromatic nitrogens is 3. The lowest BCUT2D eigenvalue weighted by molar-refractivity contribution is -0.172. The van der Waals surface area contributed by atoms with Crippen LogP contribution in [0.25, 0.3) is 21.9 Å². The second kappa shape index (κ2) is 15.9. The predicted octanol–water partition coefficient (Wildman–Crippen LogP) is 7.01. The van der Waals surface area contributed by atoms with Crippen LogP contribution in [0.1, 0.15) is 114 Å². The van der Waals surface area contributed by atoms with E-state index in [0.29, 0.717) is 36.5 Å². The lowest BCUT2D eigenvalue weighted by Gasteiger charge is -2.42. The predicted molar refractivity (Wildman–Crippen MR) is 217 cm³/mol. The second-order valence-corrected chi connectivity index (χ2v) is 17.3. The number of hydrogen-bond acceptors (Lipinski definition) is 10. The Labute approximate surface area is 325 Å². The molecule has 4 aromatic rings. The van der Waals surface area contributed by atoms with Gasteiger partial charge in [0.1, 0.15) is 16.9 Å². The van der Waals surface area contributed by atoms with Crippen LogP contribution in [0, 0.1) is 0 Å². The van der Waals surface area contributed by atoms with E-state index in [4.69, 9.17) is 25.2 Å². The Bertz CT molecular complexity index is 2020. The fourth-order valence-corrected chi connectivity index (χ4v) is 8.13. The van der Waals surface area contributed by atoms with Gasteiger partial charge in [0.25, 0.3) is 11.8 Å². The van der Waals surface area contributed by atoms with Crippen molar-refractivity contribution in [1.82, 2.24) is 24.3 Å². The minimum absolute atomic E-state index is 0.187. The van der Waals surface area contributed by atoms with Crippen molar-refractivity contribution < 1.29 is 23.9 Å². The molecule has 4 heterocycles. The molecule has 0 bridgehead atoms. The number of rotatable bonds is 15. The topological polar surface area (TPSA) is 136 Å². The van der Waals surface area contributed by atoms with Gasteiger partial charge in [0.15, 0.2) is 5.82 Å². The number of piperazine rings is 1. The van der Waals surface area contributed by atoms with E-state index in [-0.39, 0.29) is 24.2 Å². The number of fused-ring (bicyclic) bond motifs is 4. The SMILES string of the molecule is CCCCc1nc2c(N)nc3ccc(N4CCN(CC(C)(C)OC(C)(C)CC(=O)OC(C)(C)C)CC4)cc3c2n1CCCCN1C(=O)c2ccccc2C1=O. The smallest absolute Gasteiger partial charge is 0.309 e. The van der Waals surface area contributed by atoms with Crippen molar-refractivity contribution in [3.05, 3.63) is 59.4 Å². The van der Waals surface area contributed by atoms with E-state index in [1.54, 1.807) is 24.3 Å². The Hall–Kier alpha value is -4.55. The van der Waals surface area contributed by atoms with Crippen LogP contribution in [0.5, 0.6) is 0 Å². The number of nitrogen functional groups attached to an aromatic ring is 1. The van der Waals surface area contributed by atoms with E-state index in [2.05, 4.69) is 53.3 Å². The van der Waals surface area contributed by atoms with Gasteiger partial charge in [0.2, 0.25) is 0 Å². The van der Waals surface area contributed by atoms with E-state index < -0.39 is 16.8 Å². The van der Waals surface area contributed by atoms with Crippen molar-refractivity contribution in [2.24, 2.45) is 0 Å². The van der Waals surface area contributed by atoms with Crippen LogP contribution in [0.2, 0.25) is 0 Å². The number of nitrogens with two attached hydrogens (primary N) is 1. The summed E-state index contributed by atoms with van der Waals surface area (Å²) in [5.74, 6) is 0.716. The molecule has 1 fully saturated rings. The molecule has 0 spiro atoms. The summed E-state index contributed by atoms with van der Waals surface area (Å²) < 4.78 is 14.4. The minimum atomic E-state index is -0.664. The highest BCUT2D eigenvalue weighted by molar-refractivity contribution is 6.21. The van der Waals surface area contributed by atoms with Crippen molar-refractivity contribution in [1.29, 1.82) is 0 Å². The summed E-state index contributed by atoms with van der Waals surface area (Å²) in [5, 5.41) is 1.02. The first-order valence-electron chi connectivity index (χ1n) is 19.9. The highest BCUT2D eigenvalue weighted by atomic mass is 16.6. The molecule has 0 atom stereocenters. The molecule has 2 aromatic heterocycles. The van der Waals surface area contributed by atoms with E-state index in [0.717, 1.165) is 91.9 Å². The zero-order valence-electron chi connectivity index (χ0n) is 34.0. The van der Waals surface area contributed by atoms with Crippen LogP contribution < -0.4 is 10.6 Å². The van der Waals surface area contributed by atoms with E-state index in [1.807, 2.05) is 34.6 Å². The maximum Gasteiger partial charge on any atom is 0.309 e. The molecule has 12 heteroatoms. The lowest BCUT2D eigenvalue weighted by atomic mass is 10.0. The highest BCUT2D eigenvalue weighted by Gasteiger charge is 2.36.